The van der Waals surface area contributed by atoms with Crippen molar-refractivity contribution in [3.05, 3.63) is 106 Å². The van der Waals surface area contributed by atoms with E-state index in [9.17, 15) is 0 Å². The predicted molar refractivity (Wildman–Crippen MR) is 161 cm³/mol. The van der Waals surface area contributed by atoms with Crippen molar-refractivity contribution < 1.29 is 0 Å². The molecule has 1 heterocycles. The molecule has 1 heteroatoms. The van der Waals surface area contributed by atoms with Gasteiger partial charge in [-0.25, -0.2) is 0 Å². The molecule has 1 aliphatic heterocycles. The summed E-state index contributed by atoms with van der Waals surface area (Å²) in [5.41, 5.74) is 10.5. The van der Waals surface area contributed by atoms with Gasteiger partial charge in [-0.1, -0.05) is 125 Å². The van der Waals surface area contributed by atoms with Crippen molar-refractivity contribution in [3.8, 4) is 0 Å². The van der Waals surface area contributed by atoms with Gasteiger partial charge in [-0.3, -0.25) is 0 Å². The number of hydrogen-bond acceptors (Lipinski definition) is 0. The van der Waals surface area contributed by atoms with Gasteiger partial charge in [0, 0.05) is 5.16 Å². The fraction of sp³-hybridized carbons (Fsp3) is 0.486. The van der Waals surface area contributed by atoms with Gasteiger partial charge >= 0.3 is 0 Å². The lowest BCUT2D eigenvalue weighted by Crippen LogP contribution is -2.35. The predicted octanol–water partition coefficient (Wildman–Crippen LogP) is 10.6. The van der Waals surface area contributed by atoms with Crippen LogP contribution in [-0.2, 0) is 5.16 Å². The van der Waals surface area contributed by atoms with Gasteiger partial charge in [0.2, 0.25) is 0 Å². The van der Waals surface area contributed by atoms with Gasteiger partial charge in [0.1, 0.15) is 0 Å². The van der Waals surface area contributed by atoms with E-state index < -0.39 is 0 Å². The van der Waals surface area contributed by atoms with Crippen LogP contribution < -0.4 is 0 Å². The van der Waals surface area contributed by atoms with Gasteiger partial charge < -0.3 is 0 Å². The highest BCUT2D eigenvalue weighted by Gasteiger charge is 2.47. The van der Waals surface area contributed by atoms with E-state index in [0.29, 0.717) is 5.92 Å². The van der Waals surface area contributed by atoms with Crippen molar-refractivity contribution in [1.29, 1.82) is 0 Å². The first-order chi connectivity index (χ1) is 17.5. The van der Waals surface area contributed by atoms with Crippen molar-refractivity contribution >= 4 is 7.92 Å². The second-order valence-electron chi connectivity index (χ2n) is 11.4. The van der Waals surface area contributed by atoms with Crippen LogP contribution in [0.5, 0.6) is 0 Å². The Labute approximate surface area is 222 Å². The normalized spacial score (nSPS) is 19.4. The molecular formula is C35H47P. The summed E-state index contributed by atoms with van der Waals surface area (Å²) in [5, 5.41) is 0.132. The monoisotopic (exact) mass is 498 g/mol. The van der Waals surface area contributed by atoms with Crippen LogP contribution in [0.4, 0.5) is 0 Å². The average Bonchev–Trinajstić information content (AvgIpc) is 2.87. The number of aryl methyl sites for hydroxylation is 4. The number of benzene rings is 3. The molecule has 0 bridgehead atoms. The molecule has 2 atom stereocenters. The van der Waals surface area contributed by atoms with E-state index in [4.69, 9.17) is 0 Å². The van der Waals surface area contributed by atoms with Crippen molar-refractivity contribution in [2.45, 2.75) is 97.1 Å². The molecule has 1 aliphatic rings. The SMILES string of the molecule is CCCCCCCCP1CCC(c2ccccc2)CC1(c1ccc(C)cc1C)c1ccc(C)cc1C. The number of hydrogen-bond donors (Lipinski definition) is 0. The van der Waals surface area contributed by atoms with Crippen LogP contribution in [0.15, 0.2) is 66.7 Å². The van der Waals surface area contributed by atoms with Gasteiger partial charge in [-0.15, -0.1) is 0 Å². The first-order valence-corrected chi connectivity index (χ1v) is 16.1. The Morgan fingerprint density at radius 2 is 1.31 bits per heavy atom. The Balaban J connectivity index is 1.80. The van der Waals surface area contributed by atoms with E-state index in [0.717, 1.165) is 0 Å². The summed E-state index contributed by atoms with van der Waals surface area (Å²) in [4.78, 5) is 0. The second-order valence-corrected chi connectivity index (χ2v) is 14.1. The summed E-state index contributed by atoms with van der Waals surface area (Å²) in [6.45, 7) is 11.5. The van der Waals surface area contributed by atoms with Gasteiger partial charge in [-0.2, -0.15) is 0 Å². The maximum absolute atomic E-state index is 2.51. The standard InChI is InChI=1S/C35H47P/c1-6-7-8-9-10-14-22-36-23-21-32(31-15-12-11-13-16-31)26-35(36,33-19-17-27(2)24-29(33)4)34-20-18-28(3)25-30(34)5/h11-13,15-20,24-25,32H,6-10,14,21-23,26H2,1-5H3. The molecule has 3 aromatic rings. The molecule has 0 aliphatic carbocycles. The summed E-state index contributed by atoms with van der Waals surface area (Å²) in [6.07, 6.45) is 13.7. The summed E-state index contributed by atoms with van der Waals surface area (Å²) >= 11 is 0. The third kappa shape index (κ3) is 5.97. The van der Waals surface area contributed by atoms with E-state index in [1.54, 1.807) is 11.1 Å². The van der Waals surface area contributed by atoms with Gasteiger partial charge in [0.25, 0.3) is 0 Å². The Morgan fingerprint density at radius 3 is 1.89 bits per heavy atom. The zero-order chi connectivity index (χ0) is 25.5. The molecule has 0 radical (unpaired) electrons. The molecule has 0 N–H and O–H groups in total. The average molecular weight is 499 g/mol. The molecule has 2 unspecified atom stereocenters. The summed E-state index contributed by atoms with van der Waals surface area (Å²) < 4.78 is 0. The van der Waals surface area contributed by atoms with Crippen LogP contribution >= 0.6 is 7.92 Å². The largest absolute Gasteiger partial charge is 0.0910 e. The fourth-order valence-electron chi connectivity index (χ4n) is 6.75. The van der Waals surface area contributed by atoms with E-state index in [1.165, 1.54) is 91.5 Å². The van der Waals surface area contributed by atoms with E-state index in [1.807, 2.05) is 0 Å². The minimum absolute atomic E-state index is 0.132. The van der Waals surface area contributed by atoms with Crippen LogP contribution in [0.2, 0.25) is 0 Å². The highest BCUT2D eigenvalue weighted by molar-refractivity contribution is 7.59. The van der Waals surface area contributed by atoms with Crippen molar-refractivity contribution in [1.82, 2.24) is 0 Å². The highest BCUT2D eigenvalue weighted by atomic mass is 31.1. The van der Waals surface area contributed by atoms with Gasteiger partial charge in [0.15, 0.2) is 0 Å². The Bertz CT molecular complexity index is 1060. The number of rotatable bonds is 10. The van der Waals surface area contributed by atoms with Gasteiger partial charge in [-0.05, 0) is 93.0 Å². The molecule has 0 nitrogen and oxygen atoms in total. The smallest absolute Gasteiger partial charge is 0.0412 e. The van der Waals surface area contributed by atoms with Crippen molar-refractivity contribution in [3.63, 3.8) is 0 Å². The number of unbranched alkanes of at least 4 members (excludes halogenated alkanes) is 5. The Morgan fingerprint density at radius 1 is 0.722 bits per heavy atom. The molecule has 1 saturated heterocycles. The minimum atomic E-state index is -0.165. The lowest BCUT2D eigenvalue weighted by molar-refractivity contribution is 0.496. The maximum Gasteiger partial charge on any atom is 0.0412 e. The van der Waals surface area contributed by atoms with Crippen LogP contribution in [0.1, 0.15) is 103 Å². The van der Waals surface area contributed by atoms with Gasteiger partial charge in [0.05, 0.1) is 0 Å². The topological polar surface area (TPSA) is 0 Å². The molecule has 0 saturated carbocycles. The Kier molecular flexibility index (Phi) is 9.47. The van der Waals surface area contributed by atoms with E-state index in [2.05, 4.69) is 101 Å². The zero-order valence-electron chi connectivity index (χ0n) is 23.4. The molecule has 1 fully saturated rings. The lowest BCUT2D eigenvalue weighted by atomic mass is 9.76. The minimum Gasteiger partial charge on any atom is -0.0910 e. The molecule has 0 amide bonds. The first kappa shape index (κ1) is 27.1. The van der Waals surface area contributed by atoms with Crippen LogP contribution in [0, 0.1) is 27.7 Å². The second kappa shape index (κ2) is 12.6. The lowest BCUT2D eigenvalue weighted by Gasteiger charge is -2.50. The highest BCUT2D eigenvalue weighted by Crippen LogP contribution is 2.68. The summed E-state index contributed by atoms with van der Waals surface area (Å²) in [5.74, 6) is 0.621. The van der Waals surface area contributed by atoms with Crippen molar-refractivity contribution in [2.24, 2.45) is 0 Å². The molecule has 3 aromatic carbocycles. The van der Waals surface area contributed by atoms with Crippen LogP contribution in [-0.4, -0.2) is 12.3 Å². The maximum atomic E-state index is 2.51. The molecule has 0 spiro atoms. The zero-order valence-corrected chi connectivity index (χ0v) is 24.3. The first-order valence-electron chi connectivity index (χ1n) is 14.4. The molecule has 4 rings (SSSR count). The molecule has 0 aromatic heterocycles. The molecule has 36 heavy (non-hydrogen) atoms. The third-order valence-electron chi connectivity index (χ3n) is 8.54. The fourth-order valence-corrected chi connectivity index (χ4v) is 10.6. The molecular weight excluding hydrogens is 451 g/mol. The molecule has 192 valence electrons. The summed E-state index contributed by atoms with van der Waals surface area (Å²) in [6, 6.07) is 26.0. The van der Waals surface area contributed by atoms with Crippen LogP contribution in [0.25, 0.3) is 0 Å². The summed E-state index contributed by atoms with van der Waals surface area (Å²) in [7, 11) is -0.165. The third-order valence-corrected chi connectivity index (χ3v) is 11.9. The quantitative estimate of drug-likeness (QED) is 0.193. The van der Waals surface area contributed by atoms with E-state index in [-0.39, 0.29) is 13.1 Å². The van der Waals surface area contributed by atoms with Crippen LogP contribution in [0.3, 0.4) is 0 Å². The van der Waals surface area contributed by atoms with Crippen molar-refractivity contribution in [2.75, 3.05) is 12.3 Å². The van der Waals surface area contributed by atoms with E-state index >= 15 is 0 Å². The Hall–Kier alpha value is -1.91.